The Morgan fingerprint density at radius 2 is 2.45 bits per heavy atom. The summed E-state index contributed by atoms with van der Waals surface area (Å²) in [7, 11) is 0. The number of aliphatic hydroxyl groups excluding tert-OH is 1. The van der Waals surface area contributed by atoms with Crippen LogP contribution in [0, 0.1) is 5.92 Å². The first-order valence-corrected chi connectivity index (χ1v) is 4.23. The number of rotatable bonds is 1. The summed E-state index contributed by atoms with van der Waals surface area (Å²) in [5.74, 6) is 0.677. The zero-order valence-electron chi connectivity index (χ0n) is 6.49. The molecule has 2 fully saturated rings. The van der Waals surface area contributed by atoms with E-state index in [4.69, 9.17) is 5.11 Å². The molecule has 3 heteroatoms. The van der Waals surface area contributed by atoms with Gasteiger partial charge in [0.2, 0.25) is 5.91 Å². The zero-order chi connectivity index (χ0) is 7.84. The first-order chi connectivity index (χ1) is 5.33. The van der Waals surface area contributed by atoms with Gasteiger partial charge < -0.3 is 10.0 Å². The minimum atomic E-state index is -0.316. The van der Waals surface area contributed by atoms with Gasteiger partial charge in [-0.2, -0.15) is 0 Å². The smallest absolute Gasteiger partial charge is 0.248 e. The molecule has 1 aliphatic heterocycles. The molecule has 0 unspecified atom stereocenters. The fraction of sp³-hybridized carbons (Fsp3) is 0.875. The lowest BCUT2D eigenvalue weighted by Gasteiger charge is -2.25. The molecule has 11 heavy (non-hydrogen) atoms. The van der Waals surface area contributed by atoms with E-state index in [1.807, 2.05) is 4.90 Å². The summed E-state index contributed by atoms with van der Waals surface area (Å²) >= 11 is 0. The lowest BCUT2D eigenvalue weighted by Crippen LogP contribution is -2.38. The van der Waals surface area contributed by atoms with Crippen molar-refractivity contribution in [3.05, 3.63) is 0 Å². The Labute approximate surface area is 66.0 Å². The highest BCUT2D eigenvalue weighted by molar-refractivity contribution is 5.78. The number of fused-ring (bicyclic) bond motifs is 1. The minimum Gasteiger partial charge on any atom is -0.387 e. The molecule has 62 valence electrons. The van der Waals surface area contributed by atoms with Crippen LogP contribution in [-0.2, 0) is 4.79 Å². The highest BCUT2D eigenvalue weighted by atomic mass is 16.3. The summed E-state index contributed by atoms with van der Waals surface area (Å²) in [5.41, 5.74) is 0. The highest BCUT2D eigenvalue weighted by Gasteiger charge is 2.45. The van der Waals surface area contributed by atoms with E-state index >= 15 is 0 Å². The molecule has 2 atom stereocenters. The summed E-state index contributed by atoms with van der Waals surface area (Å²) in [4.78, 5) is 12.9. The third-order valence-electron chi connectivity index (χ3n) is 2.72. The van der Waals surface area contributed by atoms with Gasteiger partial charge in [-0.3, -0.25) is 4.79 Å². The van der Waals surface area contributed by atoms with E-state index in [-0.39, 0.29) is 12.5 Å². The van der Waals surface area contributed by atoms with Crippen molar-refractivity contribution in [2.75, 3.05) is 13.2 Å². The van der Waals surface area contributed by atoms with E-state index in [2.05, 4.69) is 0 Å². The average Bonchev–Trinajstić information content (AvgIpc) is 2.80. The fourth-order valence-corrected chi connectivity index (χ4v) is 2.01. The molecule has 1 amide bonds. The summed E-state index contributed by atoms with van der Waals surface area (Å²) < 4.78 is 0. The van der Waals surface area contributed by atoms with Crippen molar-refractivity contribution in [2.24, 2.45) is 5.92 Å². The van der Waals surface area contributed by atoms with Crippen LogP contribution in [0.1, 0.15) is 19.3 Å². The van der Waals surface area contributed by atoms with Crippen molar-refractivity contribution in [3.8, 4) is 0 Å². The number of carbonyl (C=O) groups excluding carboxylic acids is 1. The third-order valence-corrected chi connectivity index (χ3v) is 2.72. The predicted octanol–water partition coefficient (Wildman–Crippen LogP) is -0.0104. The van der Waals surface area contributed by atoms with Crippen LogP contribution in [0.3, 0.4) is 0 Å². The van der Waals surface area contributed by atoms with E-state index in [1.54, 1.807) is 0 Å². The van der Waals surface area contributed by atoms with Crippen LogP contribution >= 0.6 is 0 Å². The molecule has 0 radical (unpaired) electrons. The maximum Gasteiger partial charge on any atom is 0.248 e. The number of hydrogen-bond acceptors (Lipinski definition) is 2. The number of hydrogen-bond donors (Lipinski definition) is 1. The summed E-state index contributed by atoms with van der Waals surface area (Å²) in [5, 5.41) is 8.63. The lowest BCUT2D eigenvalue weighted by molar-refractivity contribution is -0.135. The van der Waals surface area contributed by atoms with Crippen molar-refractivity contribution in [1.82, 2.24) is 4.90 Å². The number of carbonyl (C=O) groups is 1. The maximum atomic E-state index is 11.1. The van der Waals surface area contributed by atoms with Gasteiger partial charge in [-0.05, 0) is 25.2 Å². The van der Waals surface area contributed by atoms with Gasteiger partial charge in [0.25, 0.3) is 0 Å². The second kappa shape index (κ2) is 2.48. The largest absolute Gasteiger partial charge is 0.387 e. The Kier molecular flexibility index (Phi) is 1.60. The van der Waals surface area contributed by atoms with Gasteiger partial charge in [-0.15, -0.1) is 0 Å². The first kappa shape index (κ1) is 7.10. The highest BCUT2D eigenvalue weighted by Crippen LogP contribution is 2.42. The van der Waals surface area contributed by atoms with Crippen molar-refractivity contribution in [1.29, 1.82) is 0 Å². The average molecular weight is 155 g/mol. The number of amides is 1. The third kappa shape index (κ3) is 1.13. The number of piperidine rings is 1. The summed E-state index contributed by atoms with van der Waals surface area (Å²) in [6, 6.07) is 0.489. The molecule has 1 saturated heterocycles. The fourth-order valence-electron chi connectivity index (χ4n) is 2.01. The molecule has 0 bridgehead atoms. The second-order valence-electron chi connectivity index (χ2n) is 3.45. The van der Waals surface area contributed by atoms with E-state index in [1.165, 1.54) is 12.8 Å². The van der Waals surface area contributed by atoms with Gasteiger partial charge >= 0.3 is 0 Å². The van der Waals surface area contributed by atoms with E-state index in [9.17, 15) is 4.79 Å². The molecule has 1 N–H and O–H groups in total. The van der Waals surface area contributed by atoms with Crippen LogP contribution in [-0.4, -0.2) is 35.1 Å². The van der Waals surface area contributed by atoms with Crippen LogP contribution in [0.4, 0.5) is 0 Å². The van der Waals surface area contributed by atoms with Crippen LogP contribution < -0.4 is 0 Å². The monoisotopic (exact) mass is 155 g/mol. The molecular formula is C8H13NO2. The topological polar surface area (TPSA) is 40.5 Å². The number of aliphatic hydroxyl groups is 1. The number of likely N-dealkylation sites (tertiary alicyclic amines) is 1. The van der Waals surface area contributed by atoms with Crippen molar-refractivity contribution >= 4 is 5.91 Å². The van der Waals surface area contributed by atoms with Crippen LogP contribution in [0.2, 0.25) is 0 Å². The molecular weight excluding hydrogens is 142 g/mol. The molecule has 0 aromatic heterocycles. The second-order valence-corrected chi connectivity index (χ2v) is 3.45. The predicted molar refractivity (Wildman–Crippen MR) is 39.9 cm³/mol. The van der Waals surface area contributed by atoms with Crippen molar-refractivity contribution in [2.45, 2.75) is 25.3 Å². The molecule has 1 saturated carbocycles. The zero-order valence-corrected chi connectivity index (χ0v) is 6.49. The molecule has 2 aliphatic rings. The SMILES string of the molecule is O=C(CO)N1CCC[C@@H]2C[C@@H]21. The minimum absolute atomic E-state index is 0.0859. The Hall–Kier alpha value is -0.570. The summed E-state index contributed by atoms with van der Waals surface area (Å²) in [6.45, 7) is 0.545. The Morgan fingerprint density at radius 3 is 3.18 bits per heavy atom. The molecule has 1 aliphatic carbocycles. The normalized spacial score (nSPS) is 34.8. The van der Waals surface area contributed by atoms with Crippen molar-refractivity contribution in [3.63, 3.8) is 0 Å². The number of nitrogens with zero attached hydrogens (tertiary/aromatic N) is 1. The van der Waals surface area contributed by atoms with E-state index < -0.39 is 0 Å². The molecule has 0 aromatic rings. The maximum absolute atomic E-state index is 11.1. The Balaban J connectivity index is 1.97. The Bertz CT molecular complexity index is 181. The van der Waals surface area contributed by atoms with Gasteiger partial charge in [0.15, 0.2) is 0 Å². The van der Waals surface area contributed by atoms with Crippen LogP contribution in [0.25, 0.3) is 0 Å². The van der Waals surface area contributed by atoms with Crippen molar-refractivity contribution < 1.29 is 9.90 Å². The quantitative estimate of drug-likeness (QED) is 0.578. The van der Waals surface area contributed by atoms with E-state index in [0.29, 0.717) is 6.04 Å². The van der Waals surface area contributed by atoms with E-state index in [0.717, 1.165) is 18.9 Å². The molecule has 1 heterocycles. The molecule has 2 rings (SSSR count). The molecule has 0 aromatic carbocycles. The van der Waals surface area contributed by atoms with Gasteiger partial charge in [0.05, 0.1) is 0 Å². The molecule has 0 spiro atoms. The standard InChI is InChI=1S/C8H13NO2/c10-5-8(11)9-3-1-2-6-4-7(6)9/h6-7,10H,1-5H2/t6-,7+/m1/s1. The van der Waals surface area contributed by atoms with Gasteiger partial charge in [0.1, 0.15) is 6.61 Å². The first-order valence-electron chi connectivity index (χ1n) is 4.23. The van der Waals surface area contributed by atoms with Gasteiger partial charge in [-0.25, -0.2) is 0 Å². The molecule has 3 nitrogen and oxygen atoms in total. The van der Waals surface area contributed by atoms with Gasteiger partial charge in [0, 0.05) is 12.6 Å². The van der Waals surface area contributed by atoms with Gasteiger partial charge in [-0.1, -0.05) is 0 Å². The van der Waals surface area contributed by atoms with Crippen LogP contribution in [0.5, 0.6) is 0 Å². The lowest BCUT2D eigenvalue weighted by atomic mass is 10.1. The Morgan fingerprint density at radius 1 is 1.64 bits per heavy atom. The summed E-state index contributed by atoms with van der Waals surface area (Å²) in [6.07, 6.45) is 3.57. The van der Waals surface area contributed by atoms with Crippen LogP contribution in [0.15, 0.2) is 0 Å².